The van der Waals surface area contributed by atoms with Gasteiger partial charge in [0.05, 0.1) is 18.8 Å². The lowest BCUT2D eigenvalue weighted by atomic mass is 10.1. The van der Waals surface area contributed by atoms with Gasteiger partial charge in [0.1, 0.15) is 5.75 Å². The van der Waals surface area contributed by atoms with Gasteiger partial charge in [-0.1, -0.05) is 31.2 Å². The number of aromatic nitrogens is 3. The largest absolute Gasteiger partial charge is 0.493 e. The Kier molecular flexibility index (Phi) is 9.59. The minimum atomic E-state index is -0.212. The Balaban J connectivity index is 0.00000320. The molecule has 0 radical (unpaired) electrons. The number of benzene rings is 1. The average Bonchev–Trinajstić information content (AvgIpc) is 3.21. The van der Waals surface area contributed by atoms with E-state index in [9.17, 15) is 4.79 Å². The van der Waals surface area contributed by atoms with Crippen LogP contribution in [0.25, 0.3) is 0 Å². The van der Waals surface area contributed by atoms with Crippen molar-refractivity contribution in [3.63, 3.8) is 0 Å². The zero-order chi connectivity index (χ0) is 20.6. The molecule has 166 valence electrons. The van der Waals surface area contributed by atoms with Crippen LogP contribution >= 0.6 is 12.4 Å². The van der Waals surface area contributed by atoms with E-state index >= 15 is 0 Å². The van der Waals surface area contributed by atoms with E-state index in [1.54, 1.807) is 6.20 Å². The molecule has 1 fully saturated rings. The minimum absolute atomic E-state index is 0. The van der Waals surface area contributed by atoms with E-state index in [0.717, 1.165) is 55.6 Å². The fourth-order valence-corrected chi connectivity index (χ4v) is 3.51. The number of aryl methyl sites for hydroxylation is 1. The van der Waals surface area contributed by atoms with Crippen LogP contribution in [0.1, 0.15) is 67.2 Å². The Morgan fingerprint density at radius 3 is 2.83 bits per heavy atom. The number of rotatable bonds is 9. The number of nitrogens with zero attached hydrogens (tertiary/aromatic N) is 3. The van der Waals surface area contributed by atoms with Crippen molar-refractivity contribution < 1.29 is 9.53 Å². The van der Waals surface area contributed by atoms with E-state index in [2.05, 4.69) is 34.8 Å². The van der Waals surface area contributed by atoms with Crippen molar-refractivity contribution in [3.05, 3.63) is 41.2 Å². The van der Waals surface area contributed by atoms with E-state index in [4.69, 9.17) is 4.74 Å². The topological polar surface area (TPSA) is 81.1 Å². The molecule has 0 spiro atoms. The Morgan fingerprint density at radius 1 is 1.33 bits per heavy atom. The fourth-order valence-electron chi connectivity index (χ4n) is 3.51. The number of carbonyl (C=O) groups is 1. The highest BCUT2D eigenvalue weighted by Crippen LogP contribution is 2.21. The minimum Gasteiger partial charge on any atom is -0.493 e. The first-order chi connectivity index (χ1) is 14.0. The van der Waals surface area contributed by atoms with Crippen LogP contribution in [0.15, 0.2) is 24.4 Å². The van der Waals surface area contributed by atoms with Gasteiger partial charge in [-0.15, -0.1) is 17.5 Å². The van der Waals surface area contributed by atoms with Gasteiger partial charge in [0.2, 0.25) is 0 Å². The molecule has 30 heavy (non-hydrogen) atoms. The van der Waals surface area contributed by atoms with Crippen molar-refractivity contribution in [2.45, 2.75) is 59.0 Å². The first-order valence-electron chi connectivity index (χ1n) is 10.7. The normalized spacial score (nSPS) is 14.4. The third kappa shape index (κ3) is 6.99. The van der Waals surface area contributed by atoms with Crippen LogP contribution in [-0.2, 0) is 6.54 Å². The summed E-state index contributed by atoms with van der Waals surface area (Å²) in [5.41, 5.74) is 2.47. The molecular weight excluding hydrogens is 402 g/mol. The highest BCUT2D eigenvalue weighted by atomic mass is 35.5. The molecule has 0 saturated carbocycles. The molecule has 1 aliphatic rings. The van der Waals surface area contributed by atoms with Crippen molar-refractivity contribution >= 4 is 18.3 Å². The molecule has 1 amide bonds. The zero-order valence-corrected chi connectivity index (χ0v) is 19.0. The standard InChI is InChI=1S/C22H33N5O2.ClH/c1-16(2)5-4-12-29-21-13-17(3)6-7-18(21)14-24-22(28)20-15-27(26-25-20)19-8-10-23-11-9-19;/h6-7,13,15-16,19,23H,4-5,8-12,14H2,1-3H3,(H,24,28);1H. The van der Waals surface area contributed by atoms with Crippen LogP contribution in [0, 0.1) is 12.8 Å². The fraction of sp³-hybridized carbons (Fsp3) is 0.591. The Labute approximate surface area is 185 Å². The molecule has 1 aromatic carbocycles. The van der Waals surface area contributed by atoms with Gasteiger partial charge in [0, 0.05) is 12.1 Å². The van der Waals surface area contributed by atoms with Crippen LogP contribution < -0.4 is 15.4 Å². The summed E-state index contributed by atoms with van der Waals surface area (Å²) in [4.78, 5) is 12.5. The third-order valence-electron chi connectivity index (χ3n) is 5.27. The summed E-state index contributed by atoms with van der Waals surface area (Å²) in [5.74, 6) is 1.30. The number of carbonyl (C=O) groups excluding carboxylic acids is 1. The molecule has 1 saturated heterocycles. The van der Waals surface area contributed by atoms with E-state index in [1.807, 2.05) is 29.8 Å². The third-order valence-corrected chi connectivity index (χ3v) is 5.27. The molecule has 8 heteroatoms. The van der Waals surface area contributed by atoms with Crippen LogP contribution in [0.5, 0.6) is 5.75 Å². The van der Waals surface area contributed by atoms with Crippen LogP contribution in [0.4, 0.5) is 0 Å². The molecule has 1 aliphatic heterocycles. The van der Waals surface area contributed by atoms with Crippen molar-refractivity contribution in [2.75, 3.05) is 19.7 Å². The summed E-state index contributed by atoms with van der Waals surface area (Å²) in [7, 11) is 0. The van der Waals surface area contributed by atoms with E-state index in [-0.39, 0.29) is 18.3 Å². The monoisotopic (exact) mass is 435 g/mol. The number of hydrogen-bond acceptors (Lipinski definition) is 5. The maximum absolute atomic E-state index is 12.5. The lowest BCUT2D eigenvalue weighted by Gasteiger charge is -2.22. The summed E-state index contributed by atoms with van der Waals surface area (Å²) in [5, 5.41) is 14.5. The highest BCUT2D eigenvalue weighted by Gasteiger charge is 2.19. The maximum Gasteiger partial charge on any atom is 0.273 e. The highest BCUT2D eigenvalue weighted by molar-refractivity contribution is 5.91. The predicted molar refractivity (Wildman–Crippen MR) is 120 cm³/mol. The van der Waals surface area contributed by atoms with Gasteiger partial charge in [-0.05, 0) is 63.2 Å². The summed E-state index contributed by atoms with van der Waals surface area (Å²) in [6.07, 6.45) is 5.93. The molecule has 1 aromatic heterocycles. The first kappa shape index (κ1) is 24.2. The number of nitrogens with one attached hydrogen (secondary N) is 2. The molecule has 0 unspecified atom stereocenters. The number of piperidine rings is 1. The number of hydrogen-bond donors (Lipinski definition) is 2. The first-order valence-corrected chi connectivity index (χ1v) is 10.7. The molecule has 0 bridgehead atoms. The van der Waals surface area contributed by atoms with Gasteiger partial charge in [0.25, 0.3) is 5.91 Å². The smallest absolute Gasteiger partial charge is 0.273 e. The van der Waals surface area contributed by atoms with Gasteiger partial charge in [-0.3, -0.25) is 4.79 Å². The number of halogens is 1. The Morgan fingerprint density at radius 2 is 2.10 bits per heavy atom. The van der Waals surface area contributed by atoms with Gasteiger partial charge in [0.15, 0.2) is 5.69 Å². The average molecular weight is 436 g/mol. The lowest BCUT2D eigenvalue weighted by molar-refractivity contribution is 0.0945. The molecule has 2 heterocycles. The van der Waals surface area contributed by atoms with E-state index in [1.165, 1.54) is 0 Å². The second kappa shape index (κ2) is 11.9. The van der Waals surface area contributed by atoms with Crippen LogP contribution in [0.3, 0.4) is 0 Å². The van der Waals surface area contributed by atoms with Gasteiger partial charge >= 0.3 is 0 Å². The molecule has 7 nitrogen and oxygen atoms in total. The van der Waals surface area contributed by atoms with E-state index < -0.39 is 0 Å². The van der Waals surface area contributed by atoms with Crippen molar-refractivity contribution in [1.82, 2.24) is 25.6 Å². The summed E-state index contributed by atoms with van der Waals surface area (Å²) in [6.45, 7) is 9.51. The van der Waals surface area contributed by atoms with E-state index in [0.29, 0.717) is 30.8 Å². The summed E-state index contributed by atoms with van der Waals surface area (Å²) in [6, 6.07) is 6.40. The van der Waals surface area contributed by atoms with Gasteiger partial charge in [-0.25, -0.2) is 4.68 Å². The van der Waals surface area contributed by atoms with Crippen molar-refractivity contribution in [2.24, 2.45) is 5.92 Å². The van der Waals surface area contributed by atoms with Crippen LogP contribution in [-0.4, -0.2) is 40.6 Å². The summed E-state index contributed by atoms with van der Waals surface area (Å²) < 4.78 is 7.82. The maximum atomic E-state index is 12.5. The van der Waals surface area contributed by atoms with Gasteiger partial charge in [-0.2, -0.15) is 0 Å². The lowest BCUT2D eigenvalue weighted by Crippen LogP contribution is -2.29. The quantitative estimate of drug-likeness (QED) is 0.587. The van der Waals surface area contributed by atoms with Crippen molar-refractivity contribution in [3.8, 4) is 5.75 Å². The number of ether oxygens (including phenoxy) is 1. The van der Waals surface area contributed by atoms with Crippen LogP contribution in [0.2, 0.25) is 0 Å². The Bertz CT molecular complexity index is 803. The Hall–Kier alpha value is -2.12. The molecule has 0 atom stereocenters. The van der Waals surface area contributed by atoms with Gasteiger partial charge < -0.3 is 15.4 Å². The summed E-state index contributed by atoms with van der Waals surface area (Å²) >= 11 is 0. The zero-order valence-electron chi connectivity index (χ0n) is 18.2. The number of amides is 1. The molecule has 0 aliphatic carbocycles. The molecule has 3 rings (SSSR count). The molecular formula is C22H34ClN5O2. The second-order valence-corrected chi connectivity index (χ2v) is 8.24. The SMILES string of the molecule is Cc1ccc(CNC(=O)c2cn(C3CCNCC3)nn2)c(OCCCC(C)C)c1.Cl. The molecule has 2 N–H and O–H groups in total. The second-order valence-electron chi connectivity index (χ2n) is 8.24. The van der Waals surface area contributed by atoms with Crippen molar-refractivity contribution in [1.29, 1.82) is 0 Å². The molecule has 2 aromatic rings. The predicted octanol–water partition coefficient (Wildman–Crippen LogP) is 3.68.